The zero-order valence-electron chi connectivity index (χ0n) is 17.1. The van der Waals surface area contributed by atoms with E-state index in [0.29, 0.717) is 23.1 Å². The van der Waals surface area contributed by atoms with Gasteiger partial charge in [-0.05, 0) is 55.5 Å². The lowest BCUT2D eigenvalue weighted by Gasteiger charge is -2.14. The number of nitrogens with one attached hydrogen (secondary N) is 1. The van der Waals surface area contributed by atoms with Gasteiger partial charge >= 0.3 is 5.97 Å². The number of carbonyl (C=O) groups is 2. The number of nitrogens with zero attached hydrogens (tertiary/aromatic N) is 2. The molecule has 0 unspecified atom stereocenters. The first-order valence-electron chi connectivity index (χ1n) is 9.76. The summed E-state index contributed by atoms with van der Waals surface area (Å²) >= 11 is 5.41. The number of hydrogen-bond donors (Lipinski definition) is 1. The van der Waals surface area contributed by atoms with E-state index in [1.165, 1.54) is 12.0 Å². The Morgan fingerprint density at radius 3 is 2.61 bits per heavy atom. The molecule has 1 N–H and O–H groups in total. The van der Waals surface area contributed by atoms with Crippen molar-refractivity contribution in [2.24, 2.45) is 0 Å². The summed E-state index contributed by atoms with van der Waals surface area (Å²) in [6.07, 6.45) is 3.57. The van der Waals surface area contributed by atoms with Crippen LogP contribution in [-0.2, 0) is 20.9 Å². The smallest absolute Gasteiger partial charge is 0.325 e. The average Bonchev–Trinajstić information content (AvgIpc) is 3.26. The van der Waals surface area contributed by atoms with E-state index in [1.807, 2.05) is 37.4 Å². The number of benzene rings is 2. The van der Waals surface area contributed by atoms with Crippen molar-refractivity contribution in [3.05, 3.63) is 66.0 Å². The van der Waals surface area contributed by atoms with Gasteiger partial charge in [-0.3, -0.25) is 14.5 Å². The van der Waals surface area contributed by atoms with Crippen LogP contribution in [0, 0.1) is 0 Å². The largest absolute Gasteiger partial charge is 0.494 e. The monoisotopic (exact) mass is 435 g/mol. The number of fused-ring (bicyclic) bond motifs is 1. The van der Waals surface area contributed by atoms with Gasteiger partial charge in [-0.15, -0.1) is 0 Å². The molecular formula is C23H21N3O4S. The van der Waals surface area contributed by atoms with E-state index in [0.717, 1.165) is 22.2 Å². The number of methoxy groups -OCH3 is 1. The average molecular weight is 436 g/mol. The van der Waals surface area contributed by atoms with Gasteiger partial charge in [-0.25, -0.2) is 0 Å². The Kier molecular flexibility index (Phi) is 5.73. The van der Waals surface area contributed by atoms with E-state index < -0.39 is 0 Å². The molecule has 1 fully saturated rings. The van der Waals surface area contributed by atoms with Crippen molar-refractivity contribution in [2.75, 3.05) is 18.6 Å². The highest BCUT2D eigenvalue weighted by Gasteiger charge is 2.32. The van der Waals surface area contributed by atoms with Crippen molar-refractivity contribution in [3.63, 3.8) is 0 Å². The summed E-state index contributed by atoms with van der Waals surface area (Å²) in [5.41, 5.74) is 2.69. The van der Waals surface area contributed by atoms with Crippen LogP contribution in [0.15, 0.2) is 60.4 Å². The van der Waals surface area contributed by atoms with Crippen LogP contribution in [0.5, 0.6) is 5.75 Å². The molecule has 2 aromatic carbocycles. The minimum atomic E-state index is -0.349. The number of esters is 1. The van der Waals surface area contributed by atoms with Crippen LogP contribution in [0.25, 0.3) is 17.0 Å². The van der Waals surface area contributed by atoms with Crippen LogP contribution in [0.1, 0.15) is 12.5 Å². The third-order valence-corrected chi connectivity index (χ3v) is 5.22. The lowest BCUT2D eigenvalue weighted by molar-refractivity contribution is -0.141. The normalized spacial score (nSPS) is 14.9. The maximum Gasteiger partial charge on any atom is 0.325 e. The highest BCUT2D eigenvalue weighted by Crippen LogP contribution is 2.27. The number of para-hydroxylation sites is 1. The van der Waals surface area contributed by atoms with E-state index in [1.54, 1.807) is 34.9 Å². The standard InChI is InChI=1S/C23H21N3O4S/c1-3-30-17-10-8-16(9-11-17)26-22(28)19(24-23(26)31)12-15-13-25(14-21(27)29-2)20-7-5-4-6-18(15)20/h4-13H,3,14H2,1-2H3,(H,24,31)/b19-12-. The van der Waals surface area contributed by atoms with E-state index >= 15 is 0 Å². The highest BCUT2D eigenvalue weighted by atomic mass is 32.1. The van der Waals surface area contributed by atoms with Crippen molar-refractivity contribution >= 4 is 51.9 Å². The Morgan fingerprint density at radius 2 is 1.90 bits per heavy atom. The van der Waals surface area contributed by atoms with E-state index in [4.69, 9.17) is 21.7 Å². The summed E-state index contributed by atoms with van der Waals surface area (Å²) < 4.78 is 12.0. The van der Waals surface area contributed by atoms with Gasteiger partial charge in [-0.1, -0.05) is 18.2 Å². The quantitative estimate of drug-likeness (QED) is 0.363. The van der Waals surface area contributed by atoms with Gasteiger partial charge in [0, 0.05) is 22.7 Å². The van der Waals surface area contributed by atoms with Gasteiger partial charge in [0.05, 0.1) is 19.4 Å². The molecule has 0 saturated carbocycles. The number of carbonyl (C=O) groups excluding carboxylic acids is 2. The lowest BCUT2D eigenvalue weighted by atomic mass is 10.1. The van der Waals surface area contributed by atoms with Crippen LogP contribution in [0.4, 0.5) is 5.69 Å². The third kappa shape index (κ3) is 4.02. The molecule has 0 spiro atoms. The molecule has 0 aliphatic carbocycles. The molecular weight excluding hydrogens is 414 g/mol. The first-order valence-corrected chi connectivity index (χ1v) is 10.2. The second-order valence-electron chi connectivity index (χ2n) is 6.86. The van der Waals surface area contributed by atoms with E-state index in [-0.39, 0.29) is 18.4 Å². The van der Waals surface area contributed by atoms with Crippen LogP contribution < -0.4 is 15.0 Å². The minimum absolute atomic E-state index is 0.0816. The number of ether oxygens (including phenoxy) is 2. The van der Waals surface area contributed by atoms with Gasteiger partial charge in [-0.2, -0.15) is 0 Å². The summed E-state index contributed by atoms with van der Waals surface area (Å²) in [6.45, 7) is 2.56. The highest BCUT2D eigenvalue weighted by molar-refractivity contribution is 7.80. The molecule has 1 aliphatic heterocycles. The maximum absolute atomic E-state index is 13.1. The SMILES string of the molecule is CCOc1ccc(N2C(=O)/C(=C/c3cn(CC(=O)OC)c4ccccc34)NC2=S)cc1. The number of thiocarbonyl (C=S) groups is 1. The van der Waals surface area contributed by atoms with E-state index in [2.05, 4.69) is 5.32 Å². The summed E-state index contributed by atoms with van der Waals surface area (Å²) in [4.78, 5) is 26.3. The number of amides is 1. The molecule has 0 bridgehead atoms. The second-order valence-corrected chi connectivity index (χ2v) is 7.25. The van der Waals surface area contributed by atoms with Crippen molar-refractivity contribution in [2.45, 2.75) is 13.5 Å². The van der Waals surface area contributed by atoms with Crippen LogP contribution >= 0.6 is 12.2 Å². The fourth-order valence-corrected chi connectivity index (χ4v) is 3.81. The Morgan fingerprint density at radius 1 is 1.16 bits per heavy atom. The topological polar surface area (TPSA) is 72.8 Å². The molecule has 1 saturated heterocycles. The summed E-state index contributed by atoms with van der Waals surface area (Å²) in [5, 5.41) is 4.22. The predicted molar refractivity (Wildman–Crippen MR) is 123 cm³/mol. The predicted octanol–water partition coefficient (Wildman–Crippen LogP) is 3.48. The van der Waals surface area contributed by atoms with Gasteiger partial charge in [0.15, 0.2) is 5.11 Å². The first kappa shape index (κ1) is 20.6. The Labute approximate surface area is 184 Å². The Bertz CT molecular complexity index is 1200. The van der Waals surface area contributed by atoms with Gasteiger partial charge in [0.2, 0.25) is 0 Å². The molecule has 1 amide bonds. The number of hydrogen-bond acceptors (Lipinski definition) is 5. The fourth-order valence-electron chi connectivity index (χ4n) is 3.51. The molecule has 0 radical (unpaired) electrons. The van der Waals surface area contributed by atoms with Gasteiger partial charge in [0.1, 0.15) is 18.0 Å². The molecule has 8 heteroatoms. The molecule has 158 valence electrons. The van der Waals surface area contributed by atoms with Crippen molar-refractivity contribution in [1.82, 2.24) is 9.88 Å². The van der Waals surface area contributed by atoms with Crippen molar-refractivity contribution in [3.8, 4) is 5.75 Å². The van der Waals surface area contributed by atoms with Crippen LogP contribution in [0.2, 0.25) is 0 Å². The molecule has 7 nitrogen and oxygen atoms in total. The van der Waals surface area contributed by atoms with Crippen LogP contribution in [0.3, 0.4) is 0 Å². The Hall–Kier alpha value is -3.65. The van der Waals surface area contributed by atoms with Crippen molar-refractivity contribution < 1.29 is 19.1 Å². The van der Waals surface area contributed by atoms with Gasteiger partial charge < -0.3 is 19.4 Å². The summed E-state index contributed by atoms with van der Waals surface area (Å²) in [7, 11) is 1.36. The maximum atomic E-state index is 13.1. The molecule has 0 atom stereocenters. The molecule has 1 aliphatic rings. The first-order chi connectivity index (χ1) is 15.0. The number of anilines is 1. The number of aromatic nitrogens is 1. The molecule has 4 rings (SSSR count). The molecule has 3 aromatic rings. The minimum Gasteiger partial charge on any atom is -0.494 e. The third-order valence-electron chi connectivity index (χ3n) is 4.93. The zero-order valence-corrected chi connectivity index (χ0v) is 17.9. The Balaban J connectivity index is 1.67. The molecule has 31 heavy (non-hydrogen) atoms. The molecule has 1 aromatic heterocycles. The second kappa shape index (κ2) is 8.61. The summed E-state index contributed by atoms with van der Waals surface area (Å²) in [6, 6.07) is 14.9. The summed E-state index contributed by atoms with van der Waals surface area (Å²) in [5.74, 6) is 0.128. The van der Waals surface area contributed by atoms with Crippen LogP contribution in [-0.4, -0.2) is 35.3 Å². The zero-order chi connectivity index (χ0) is 22.0. The van der Waals surface area contributed by atoms with E-state index in [9.17, 15) is 9.59 Å². The van der Waals surface area contributed by atoms with Crippen molar-refractivity contribution in [1.29, 1.82) is 0 Å². The lowest BCUT2D eigenvalue weighted by Crippen LogP contribution is -2.30. The molecule has 2 heterocycles. The fraction of sp³-hybridized carbons (Fsp3) is 0.174. The number of rotatable bonds is 6. The van der Waals surface area contributed by atoms with Gasteiger partial charge in [0.25, 0.3) is 5.91 Å².